The van der Waals surface area contributed by atoms with Gasteiger partial charge < -0.3 is 16.0 Å². The second kappa shape index (κ2) is 12.2. The minimum absolute atomic E-state index is 0.0199. The van der Waals surface area contributed by atoms with Gasteiger partial charge in [-0.1, -0.05) is 30.7 Å². The number of amides is 1. The lowest BCUT2D eigenvalue weighted by Gasteiger charge is -2.15. The van der Waals surface area contributed by atoms with Crippen molar-refractivity contribution in [3.63, 3.8) is 0 Å². The van der Waals surface area contributed by atoms with E-state index < -0.39 is 0 Å². The lowest BCUT2D eigenvalue weighted by atomic mass is 9.97. The highest BCUT2D eigenvalue weighted by Crippen LogP contribution is 2.19. The van der Waals surface area contributed by atoms with Gasteiger partial charge in [0.05, 0.1) is 6.54 Å². The number of guanidine groups is 1. The summed E-state index contributed by atoms with van der Waals surface area (Å²) in [6.07, 6.45) is 9.53. The third-order valence-electron chi connectivity index (χ3n) is 4.61. The molecule has 0 atom stereocenters. The van der Waals surface area contributed by atoms with Crippen LogP contribution in [0.2, 0.25) is 0 Å². The summed E-state index contributed by atoms with van der Waals surface area (Å²) < 4.78 is 0. The van der Waals surface area contributed by atoms with E-state index in [0.717, 1.165) is 37.5 Å². The molecule has 0 saturated heterocycles. The third-order valence-corrected chi connectivity index (χ3v) is 4.61. The van der Waals surface area contributed by atoms with E-state index in [-0.39, 0.29) is 5.91 Å². The molecule has 0 radical (unpaired) electrons. The number of hydrogen-bond acceptors (Lipinski definition) is 2. The molecule has 1 amide bonds. The minimum Gasteiger partial charge on any atom is -0.357 e. The van der Waals surface area contributed by atoms with Crippen molar-refractivity contribution >= 4 is 11.9 Å². The van der Waals surface area contributed by atoms with Crippen LogP contribution < -0.4 is 16.0 Å². The van der Waals surface area contributed by atoms with E-state index in [1.165, 1.54) is 25.7 Å². The van der Waals surface area contributed by atoms with Crippen LogP contribution in [0, 0.1) is 0 Å². The summed E-state index contributed by atoms with van der Waals surface area (Å²) in [4.78, 5) is 16.8. The van der Waals surface area contributed by atoms with E-state index in [1.807, 2.05) is 31.2 Å². The molecule has 27 heavy (non-hydrogen) atoms. The van der Waals surface area contributed by atoms with Crippen LogP contribution >= 0.6 is 0 Å². The van der Waals surface area contributed by atoms with E-state index >= 15 is 0 Å². The fourth-order valence-corrected chi connectivity index (χ4v) is 3.14. The Bertz CT molecular complexity index is 651. The molecule has 0 aromatic heterocycles. The monoisotopic (exact) mass is 370 g/mol. The molecule has 0 fully saturated rings. The average molecular weight is 371 g/mol. The molecule has 0 saturated carbocycles. The van der Waals surface area contributed by atoms with E-state index in [0.29, 0.717) is 18.7 Å². The molecular weight excluding hydrogens is 336 g/mol. The molecule has 0 bridgehead atoms. The number of rotatable bonds is 9. The van der Waals surface area contributed by atoms with Crippen LogP contribution in [0.3, 0.4) is 0 Å². The van der Waals surface area contributed by atoms with Crippen molar-refractivity contribution in [3.05, 3.63) is 47.0 Å². The van der Waals surface area contributed by atoms with Gasteiger partial charge in [0.1, 0.15) is 0 Å². The van der Waals surface area contributed by atoms with E-state index in [1.54, 1.807) is 5.57 Å². The largest absolute Gasteiger partial charge is 0.357 e. The summed E-state index contributed by atoms with van der Waals surface area (Å²) in [6.45, 7) is 7.09. The number of carbonyl (C=O) groups is 1. The lowest BCUT2D eigenvalue weighted by molar-refractivity contribution is 0.0953. The molecule has 5 nitrogen and oxygen atoms in total. The van der Waals surface area contributed by atoms with Crippen LogP contribution in [0.4, 0.5) is 0 Å². The molecule has 1 aromatic carbocycles. The predicted octanol–water partition coefficient (Wildman–Crippen LogP) is 3.77. The van der Waals surface area contributed by atoms with Crippen molar-refractivity contribution < 1.29 is 4.79 Å². The molecule has 1 aliphatic carbocycles. The van der Waals surface area contributed by atoms with Gasteiger partial charge in [-0.25, -0.2) is 4.99 Å². The number of allylic oxidation sites excluding steroid dienone is 1. The molecule has 0 aliphatic heterocycles. The zero-order valence-electron chi connectivity index (χ0n) is 16.8. The number of nitrogens with zero attached hydrogens (tertiary/aromatic N) is 1. The van der Waals surface area contributed by atoms with Gasteiger partial charge in [-0.05, 0) is 63.1 Å². The van der Waals surface area contributed by atoms with Crippen LogP contribution in [0.1, 0.15) is 68.3 Å². The maximum atomic E-state index is 12.1. The number of hydrogen-bond donors (Lipinski definition) is 3. The molecule has 3 N–H and O–H groups in total. The van der Waals surface area contributed by atoms with Gasteiger partial charge in [0.25, 0.3) is 5.91 Å². The Morgan fingerprint density at radius 2 is 2.00 bits per heavy atom. The van der Waals surface area contributed by atoms with Gasteiger partial charge in [0.15, 0.2) is 5.96 Å². The topological polar surface area (TPSA) is 65.5 Å². The van der Waals surface area contributed by atoms with Crippen molar-refractivity contribution in [1.29, 1.82) is 0 Å². The van der Waals surface area contributed by atoms with Gasteiger partial charge in [-0.3, -0.25) is 4.79 Å². The standard InChI is InChI=1S/C22H34N4O/c1-3-14-24-21(27)20-12-8-11-19(16-20)17-26-22(23-4-2)25-15-13-18-9-6-5-7-10-18/h8-9,11-12,16H,3-7,10,13-15,17H2,1-2H3,(H,24,27)(H2,23,25,26). The highest BCUT2D eigenvalue weighted by Gasteiger charge is 2.06. The van der Waals surface area contributed by atoms with Crippen molar-refractivity contribution in [2.24, 2.45) is 4.99 Å². The van der Waals surface area contributed by atoms with Gasteiger partial charge in [0, 0.05) is 25.2 Å². The van der Waals surface area contributed by atoms with Crippen LogP contribution in [0.25, 0.3) is 0 Å². The molecule has 0 unspecified atom stereocenters. The zero-order valence-corrected chi connectivity index (χ0v) is 16.8. The van der Waals surface area contributed by atoms with Gasteiger partial charge in [-0.15, -0.1) is 0 Å². The Kier molecular flexibility index (Phi) is 9.45. The normalized spacial score (nSPS) is 14.4. The Labute approximate surface area is 163 Å². The highest BCUT2D eigenvalue weighted by atomic mass is 16.1. The first-order valence-corrected chi connectivity index (χ1v) is 10.3. The summed E-state index contributed by atoms with van der Waals surface area (Å²) in [5.74, 6) is 0.809. The zero-order chi connectivity index (χ0) is 19.3. The maximum Gasteiger partial charge on any atom is 0.251 e. The SMILES string of the molecule is CCCNC(=O)c1cccc(CN=C(NCC)NCCC2=CCCCC2)c1. The molecule has 0 heterocycles. The second-order valence-corrected chi connectivity index (χ2v) is 6.94. The molecule has 0 spiro atoms. The van der Waals surface area contributed by atoms with Crippen molar-refractivity contribution in [1.82, 2.24) is 16.0 Å². The summed E-state index contributed by atoms with van der Waals surface area (Å²) in [7, 11) is 0. The fourth-order valence-electron chi connectivity index (χ4n) is 3.14. The first-order chi connectivity index (χ1) is 13.2. The van der Waals surface area contributed by atoms with Gasteiger partial charge >= 0.3 is 0 Å². The lowest BCUT2D eigenvalue weighted by Crippen LogP contribution is -2.37. The van der Waals surface area contributed by atoms with Gasteiger partial charge in [-0.2, -0.15) is 0 Å². The van der Waals surface area contributed by atoms with Crippen LogP contribution in [0.15, 0.2) is 40.9 Å². The number of carbonyl (C=O) groups excluding carboxylic acids is 1. The quantitative estimate of drug-likeness (QED) is 0.352. The predicted molar refractivity (Wildman–Crippen MR) is 113 cm³/mol. The van der Waals surface area contributed by atoms with Crippen molar-refractivity contribution in [3.8, 4) is 0 Å². The van der Waals surface area contributed by atoms with Crippen LogP contribution in [-0.4, -0.2) is 31.5 Å². The van der Waals surface area contributed by atoms with Crippen LogP contribution in [0.5, 0.6) is 0 Å². The summed E-state index contributed by atoms with van der Waals surface area (Å²) in [5, 5.41) is 9.63. The highest BCUT2D eigenvalue weighted by molar-refractivity contribution is 5.94. The number of benzene rings is 1. The van der Waals surface area contributed by atoms with Crippen molar-refractivity contribution in [2.45, 2.75) is 58.9 Å². The Morgan fingerprint density at radius 3 is 2.74 bits per heavy atom. The second-order valence-electron chi connectivity index (χ2n) is 6.94. The van der Waals surface area contributed by atoms with Crippen molar-refractivity contribution in [2.75, 3.05) is 19.6 Å². The van der Waals surface area contributed by atoms with Crippen LogP contribution in [-0.2, 0) is 6.54 Å². The first-order valence-electron chi connectivity index (χ1n) is 10.3. The Hall–Kier alpha value is -2.30. The maximum absolute atomic E-state index is 12.1. The smallest absolute Gasteiger partial charge is 0.251 e. The third kappa shape index (κ3) is 7.85. The summed E-state index contributed by atoms with van der Waals surface area (Å²) in [6, 6.07) is 7.70. The number of aliphatic imine (C=N–C) groups is 1. The Balaban J connectivity index is 1.89. The first kappa shape index (κ1) is 21.0. The molecule has 1 aliphatic rings. The number of nitrogens with one attached hydrogen (secondary N) is 3. The molecule has 5 heteroatoms. The van der Waals surface area contributed by atoms with Gasteiger partial charge in [0.2, 0.25) is 0 Å². The Morgan fingerprint density at radius 1 is 1.11 bits per heavy atom. The van der Waals surface area contributed by atoms with E-state index in [2.05, 4.69) is 33.9 Å². The summed E-state index contributed by atoms with van der Waals surface area (Å²) in [5.41, 5.74) is 3.29. The minimum atomic E-state index is -0.0199. The molecule has 1 aromatic rings. The molecule has 148 valence electrons. The van der Waals surface area contributed by atoms with E-state index in [4.69, 9.17) is 0 Å². The molecule has 2 rings (SSSR count). The average Bonchev–Trinajstić information content (AvgIpc) is 2.71. The van der Waals surface area contributed by atoms with E-state index in [9.17, 15) is 4.79 Å². The molecular formula is C22H34N4O. The summed E-state index contributed by atoms with van der Waals surface area (Å²) >= 11 is 0. The fraction of sp³-hybridized carbons (Fsp3) is 0.545.